The number of amides is 1. The quantitative estimate of drug-likeness (QED) is 0.646. The molecule has 82 valence electrons. The van der Waals surface area contributed by atoms with Crippen LogP contribution in [0.4, 0.5) is 0 Å². The maximum Gasteiger partial charge on any atom is 0.221 e. The maximum atomic E-state index is 10.7. The number of hydrogen-bond acceptors (Lipinski definition) is 3. The van der Waals surface area contributed by atoms with Gasteiger partial charge in [-0.05, 0) is 19.8 Å². The Labute approximate surface area is 85.2 Å². The number of hydrogen-bond donors (Lipinski definition) is 2. The summed E-state index contributed by atoms with van der Waals surface area (Å²) in [7, 11) is 0. The molecule has 14 heavy (non-hydrogen) atoms. The van der Waals surface area contributed by atoms with Gasteiger partial charge < -0.3 is 15.8 Å². The van der Waals surface area contributed by atoms with E-state index in [-0.39, 0.29) is 11.8 Å². The van der Waals surface area contributed by atoms with Gasteiger partial charge in [-0.1, -0.05) is 6.92 Å². The van der Waals surface area contributed by atoms with E-state index in [0.29, 0.717) is 18.7 Å². The van der Waals surface area contributed by atoms with Gasteiger partial charge in [0, 0.05) is 25.1 Å². The summed E-state index contributed by atoms with van der Waals surface area (Å²) in [5, 5.41) is 3.31. The summed E-state index contributed by atoms with van der Waals surface area (Å²) in [5.41, 5.74) is 5.15. The zero-order valence-electron chi connectivity index (χ0n) is 8.95. The highest BCUT2D eigenvalue weighted by atomic mass is 16.5. The third-order valence-corrected chi connectivity index (χ3v) is 2.70. The van der Waals surface area contributed by atoms with Crippen molar-refractivity contribution in [3.05, 3.63) is 0 Å². The van der Waals surface area contributed by atoms with Crippen LogP contribution >= 0.6 is 0 Å². The monoisotopic (exact) mass is 200 g/mol. The summed E-state index contributed by atoms with van der Waals surface area (Å²) in [4.78, 5) is 10.7. The van der Waals surface area contributed by atoms with Crippen LogP contribution in [0.1, 0.15) is 26.7 Å². The molecule has 0 aromatic carbocycles. The zero-order valence-corrected chi connectivity index (χ0v) is 8.95. The molecule has 0 bridgehead atoms. The average molecular weight is 200 g/mol. The van der Waals surface area contributed by atoms with Crippen LogP contribution in [-0.4, -0.2) is 31.2 Å². The van der Waals surface area contributed by atoms with Crippen LogP contribution in [0.5, 0.6) is 0 Å². The van der Waals surface area contributed by atoms with Gasteiger partial charge >= 0.3 is 0 Å². The van der Waals surface area contributed by atoms with E-state index < -0.39 is 0 Å². The molecule has 1 amide bonds. The van der Waals surface area contributed by atoms with Crippen molar-refractivity contribution in [2.24, 2.45) is 11.7 Å². The summed E-state index contributed by atoms with van der Waals surface area (Å²) in [6.07, 6.45) is 2.53. The Hall–Kier alpha value is -0.610. The van der Waals surface area contributed by atoms with E-state index >= 15 is 0 Å². The van der Waals surface area contributed by atoms with Gasteiger partial charge in [0.15, 0.2) is 0 Å². The van der Waals surface area contributed by atoms with E-state index in [1.165, 1.54) is 0 Å². The molecule has 0 saturated heterocycles. The minimum atomic E-state index is -0.238. The molecule has 3 N–H and O–H groups in total. The van der Waals surface area contributed by atoms with Gasteiger partial charge in [-0.25, -0.2) is 0 Å². The van der Waals surface area contributed by atoms with E-state index in [4.69, 9.17) is 10.5 Å². The highest BCUT2D eigenvalue weighted by molar-refractivity contribution is 5.76. The van der Waals surface area contributed by atoms with Crippen LogP contribution in [0.15, 0.2) is 0 Å². The van der Waals surface area contributed by atoms with Crippen molar-refractivity contribution in [1.82, 2.24) is 5.32 Å². The number of primary amides is 1. The number of ether oxygens (including phenoxy) is 1. The van der Waals surface area contributed by atoms with Crippen LogP contribution < -0.4 is 11.1 Å². The van der Waals surface area contributed by atoms with Gasteiger partial charge in [0.1, 0.15) is 0 Å². The van der Waals surface area contributed by atoms with Gasteiger partial charge in [0.05, 0.1) is 6.10 Å². The topological polar surface area (TPSA) is 64.3 Å². The van der Waals surface area contributed by atoms with Crippen molar-refractivity contribution < 1.29 is 9.53 Å². The van der Waals surface area contributed by atoms with Crippen LogP contribution in [0, 0.1) is 5.92 Å². The standard InChI is InChI=1S/C10H20N2O2/c1-3-14-9-4-8(5-9)12-6-7(2)10(11)13/h7-9,12H,3-6H2,1-2H3,(H2,11,13). The smallest absolute Gasteiger partial charge is 0.221 e. The van der Waals surface area contributed by atoms with E-state index in [1.54, 1.807) is 0 Å². The lowest BCUT2D eigenvalue weighted by Crippen LogP contribution is -2.47. The summed E-state index contributed by atoms with van der Waals surface area (Å²) >= 11 is 0. The minimum Gasteiger partial charge on any atom is -0.378 e. The Bertz CT molecular complexity index is 191. The van der Waals surface area contributed by atoms with E-state index in [2.05, 4.69) is 5.32 Å². The highest BCUT2D eigenvalue weighted by Gasteiger charge is 2.29. The van der Waals surface area contributed by atoms with Crippen LogP contribution in [0.2, 0.25) is 0 Å². The molecule has 4 heteroatoms. The van der Waals surface area contributed by atoms with Crippen molar-refractivity contribution in [2.75, 3.05) is 13.2 Å². The molecule has 1 fully saturated rings. The summed E-state index contributed by atoms with van der Waals surface area (Å²) in [6, 6.07) is 0.508. The second-order valence-corrected chi connectivity index (χ2v) is 3.96. The van der Waals surface area contributed by atoms with Crippen LogP contribution in [0.25, 0.3) is 0 Å². The largest absolute Gasteiger partial charge is 0.378 e. The Balaban J connectivity index is 2.03. The summed E-state index contributed by atoms with van der Waals surface area (Å²) < 4.78 is 5.43. The molecule has 4 nitrogen and oxygen atoms in total. The number of carbonyl (C=O) groups excluding carboxylic acids is 1. The summed E-state index contributed by atoms with van der Waals surface area (Å²) in [5.74, 6) is -0.320. The zero-order chi connectivity index (χ0) is 10.6. The first-order valence-corrected chi connectivity index (χ1v) is 5.27. The van der Waals surface area contributed by atoms with Gasteiger partial charge in [-0.3, -0.25) is 4.79 Å². The molecule has 0 aromatic heterocycles. The molecule has 1 aliphatic carbocycles. The SMILES string of the molecule is CCOC1CC(NCC(C)C(N)=O)C1. The molecule has 1 saturated carbocycles. The van der Waals surface area contributed by atoms with Gasteiger partial charge in [-0.15, -0.1) is 0 Å². The summed E-state index contributed by atoms with van der Waals surface area (Å²) in [6.45, 7) is 5.32. The van der Waals surface area contributed by atoms with Crippen LogP contribution in [-0.2, 0) is 9.53 Å². The van der Waals surface area contributed by atoms with Gasteiger partial charge in [0.25, 0.3) is 0 Å². The van der Waals surface area contributed by atoms with Gasteiger partial charge in [-0.2, -0.15) is 0 Å². The predicted molar refractivity (Wildman–Crippen MR) is 54.8 cm³/mol. The van der Waals surface area contributed by atoms with E-state index in [0.717, 1.165) is 19.4 Å². The first-order valence-electron chi connectivity index (χ1n) is 5.27. The lowest BCUT2D eigenvalue weighted by atomic mass is 9.89. The molecule has 0 radical (unpaired) electrons. The molecule has 1 aliphatic rings. The maximum absolute atomic E-state index is 10.7. The number of carbonyl (C=O) groups is 1. The second-order valence-electron chi connectivity index (χ2n) is 3.96. The fourth-order valence-corrected chi connectivity index (χ4v) is 1.55. The first kappa shape index (κ1) is 11.5. The molecule has 0 aliphatic heterocycles. The molecule has 0 aromatic rings. The third kappa shape index (κ3) is 3.27. The predicted octanol–water partition coefficient (Wildman–Crippen LogP) is 0.265. The van der Waals surface area contributed by atoms with E-state index in [9.17, 15) is 4.79 Å². The second kappa shape index (κ2) is 5.32. The fourth-order valence-electron chi connectivity index (χ4n) is 1.55. The fraction of sp³-hybridized carbons (Fsp3) is 0.900. The Morgan fingerprint density at radius 2 is 2.29 bits per heavy atom. The highest BCUT2D eigenvalue weighted by Crippen LogP contribution is 2.23. The van der Waals surface area contributed by atoms with Gasteiger partial charge in [0.2, 0.25) is 5.91 Å². The minimum absolute atomic E-state index is 0.0823. The van der Waals surface area contributed by atoms with Crippen molar-refractivity contribution in [2.45, 2.75) is 38.8 Å². The van der Waals surface area contributed by atoms with Crippen LogP contribution in [0.3, 0.4) is 0 Å². The number of nitrogens with one attached hydrogen (secondary N) is 1. The van der Waals surface area contributed by atoms with Crippen molar-refractivity contribution >= 4 is 5.91 Å². The first-order chi connectivity index (χ1) is 6.63. The lowest BCUT2D eigenvalue weighted by Gasteiger charge is -2.36. The molecule has 1 rings (SSSR count). The molecular formula is C10H20N2O2. The molecule has 0 spiro atoms. The third-order valence-electron chi connectivity index (χ3n) is 2.70. The van der Waals surface area contributed by atoms with E-state index in [1.807, 2.05) is 13.8 Å². The number of rotatable bonds is 6. The van der Waals surface area contributed by atoms with Crippen molar-refractivity contribution in [1.29, 1.82) is 0 Å². The Kier molecular flexibility index (Phi) is 4.35. The molecule has 0 heterocycles. The average Bonchev–Trinajstić information content (AvgIpc) is 2.08. The Morgan fingerprint density at radius 3 is 2.79 bits per heavy atom. The van der Waals surface area contributed by atoms with Crippen molar-refractivity contribution in [3.63, 3.8) is 0 Å². The van der Waals surface area contributed by atoms with Crippen molar-refractivity contribution in [3.8, 4) is 0 Å². The normalized spacial score (nSPS) is 28.1. The Morgan fingerprint density at radius 1 is 1.64 bits per heavy atom. The molecule has 1 unspecified atom stereocenters. The molecular weight excluding hydrogens is 180 g/mol. The molecule has 1 atom stereocenters. The lowest BCUT2D eigenvalue weighted by molar-refractivity contribution is -0.121. The number of nitrogens with two attached hydrogens (primary N) is 1.